The van der Waals surface area contributed by atoms with Crippen molar-refractivity contribution in [2.75, 3.05) is 0 Å². The SMILES string of the molecule is CCc1cc(=O)oc2cc(OC(=O)Cc3csc(-c4cccc(C)c4)n3)ccc12. The van der Waals surface area contributed by atoms with Crippen molar-refractivity contribution < 1.29 is 13.9 Å². The Bertz CT molecular complexity index is 1260. The number of aryl methyl sites for hydroxylation is 2. The van der Waals surface area contributed by atoms with Crippen LogP contribution in [0.1, 0.15) is 23.7 Å². The molecule has 6 heteroatoms. The topological polar surface area (TPSA) is 69.4 Å². The van der Waals surface area contributed by atoms with E-state index in [-0.39, 0.29) is 6.42 Å². The van der Waals surface area contributed by atoms with Crippen LogP contribution >= 0.6 is 11.3 Å². The summed E-state index contributed by atoms with van der Waals surface area (Å²) >= 11 is 1.50. The minimum absolute atomic E-state index is 0.0688. The van der Waals surface area contributed by atoms with Gasteiger partial charge in [0.15, 0.2) is 0 Å². The van der Waals surface area contributed by atoms with Gasteiger partial charge in [0.25, 0.3) is 0 Å². The van der Waals surface area contributed by atoms with Crippen LogP contribution < -0.4 is 10.4 Å². The molecule has 2 aromatic heterocycles. The molecular formula is C23H19NO4S. The first-order chi connectivity index (χ1) is 14.0. The molecule has 0 N–H and O–H groups in total. The van der Waals surface area contributed by atoms with E-state index in [0.29, 0.717) is 23.4 Å². The van der Waals surface area contributed by atoms with E-state index in [2.05, 4.69) is 11.1 Å². The third kappa shape index (κ3) is 4.27. The second kappa shape index (κ2) is 8.01. The zero-order chi connectivity index (χ0) is 20.4. The van der Waals surface area contributed by atoms with Crippen LogP contribution in [0.2, 0.25) is 0 Å². The van der Waals surface area contributed by atoms with Gasteiger partial charge in [-0.25, -0.2) is 9.78 Å². The van der Waals surface area contributed by atoms with Gasteiger partial charge in [0.05, 0.1) is 12.1 Å². The van der Waals surface area contributed by atoms with E-state index < -0.39 is 11.6 Å². The Labute approximate surface area is 171 Å². The molecule has 4 rings (SSSR count). The van der Waals surface area contributed by atoms with Crippen LogP contribution in [0.4, 0.5) is 0 Å². The summed E-state index contributed by atoms with van der Waals surface area (Å²) in [5.74, 6) is -0.0764. The Balaban J connectivity index is 1.49. The molecule has 0 aliphatic carbocycles. The number of rotatable bonds is 5. The molecule has 2 aromatic carbocycles. The molecule has 0 amide bonds. The Morgan fingerprint density at radius 2 is 2.03 bits per heavy atom. The zero-order valence-corrected chi connectivity index (χ0v) is 16.9. The lowest BCUT2D eigenvalue weighted by atomic mass is 10.1. The van der Waals surface area contributed by atoms with E-state index in [1.165, 1.54) is 17.4 Å². The Morgan fingerprint density at radius 3 is 2.83 bits per heavy atom. The monoisotopic (exact) mass is 405 g/mol. The standard InChI is InChI=1S/C23H19NO4S/c1-3-15-10-21(25)28-20-12-18(7-8-19(15)20)27-22(26)11-17-13-29-23(24-17)16-6-4-5-14(2)9-16/h4-10,12-13H,3,11H2,1-2H3. The van der Waals surface area contributed by atoms with Crippen molar-refractivity contribution in [3.8, 4) is 16.3 Å². The number of aromatic nitrogens is 1. The van der Waals surface area contributed by atoms with Gasteiger partial charge in [0.1, 0.15) is 16.3 Å². The number of thiazole rings is 1. The van der Waals surface area contributed by atoms with Crippen LogP contribution in [0.3, 0.4) is 0 Å². The lowest BCUT2D eigenvalue weighted by Gasteiger charge is -2.06. The molecule has 0 radical (unpaired) electrons. The number of ether oxygens (including phenoxy) is 1. The summed E-state index contributed by atoms with van der Waals surface area (Å²) in [7, 11) is 0. The van der Waals surface area contributed by atoms with Gasteiger partial charge < -0.3 is 9.15 Å². The number of esters is 1. The number of fused-ring (bicyclic) bond motifs is 1. The summed E-state index contributed by atoms with van der Waals surface area (Å²) in [5, 5.41) is 3.58. The molecule has 0 saturated carbocycles. The van der Waals surface area contributed by atoms with Gasteiger partial charge in [-0.3, -0.25) is 4.79 Å². The number of benzene rings is 2. The van der Waals surface area contributed by atoms with Crippen LogP contribution in [0.15, 0.2) is 63.1 Å². The number of hydrogen-bond donors (Lipinski definition) is 0. The summed E-state index contributed by atoms with van der Waals surface area (Å²) < 4.78 is 10.7. The zero-order valence-electron chi connectivity index (χ0n) is 16.1. The predicted molar refractivity (Wildman–Crippen MR) is 113 cm³/mol. The lowest BCUT2D eigenvalue weighted by Crippen LogP contribution is -2.11. The Hall–Kier alpha value is -3.25. The molecule has 0 atom stereocenters. The molecule has 0 fully saturated rings. The van der Waals surface area contributed by atoms with Crippen molar-refractivity contribution in [3.63, 3.8) is 0 Å². The summed E-state index contributed by atoms with van der Waals surface area (Å²) in [4.78, 5) is 28.6. The largest absolute Gasteiger partial charge is 0.426 e. The second-order valence-electron chi connectivity index (χ2n) is 6.77. The van der Waals surface area contributed by atoms with Crippen molar-refractivity contribution in [1.82, 2.24) is 4.98 Å². The Morgan fingerprint density at radius 1 is 1.17 bits per heavy atom. The molecule has 146 valence electrons. The van der Waals surface area contributed by atoms with Crippen LogP contribution in [0.25, 0.3) is 21.5 Å². The Kier molecular flexibility index (Phi) is 5.27. The third-order valence-electron chi connectivity index (χ3n) is 4.56. The number of carbonyl (C=O) groups excluding carboxylic acids is 1. The molecule has 0 unspecified atom stereocenters. The molecule has 4 aromatic rings. The van der Waals surface area contributed by atoms with Crippen LogP contribution in [-0.4, -0.2) is 11.0 Å². The first kappa shape index (κ1) is 19.1. The minimum Gasteiger partial charge on any atom is -0.426 e. The first-order valence-electron chi connectivity index (χ1n) is 9.30. The van der Waals surface area contributed by atoms with Crippen LogP contribution in [0.5, 0.6) is 5.75 Å². The van der Waals surface area contributed by atoms with Gasteiger partial charge in [0, 0.05) is 28.5 Å². The van der Waals surface area contributed by atoms with Crippen molar-refractivity contribution in [3.05, 3.63) is 81.2 Å². The van der Waals surface area contributed by atoms with Crippen molar-refractivity contribution in [1.29, 1.82) is 0 Å². The van der Waals surface area contributed by atoms with E-state index in [1.54, 1.807) is 18.2 Å². The maximum Gasteiger partial charge on any atom is 0.336 e. The molecule has 0 aliphatic rings. The fraction of sp³-hybridized carbons (Fsp3) is 0.174. The second-order valence-corrected chi connectivity index (χ2v) is 7.62. The maximum atomic E-state index is 12.4. The summed E-state index contributed by atoms with van der Waals surface area (Å²) in [5.41, 5.74) is 3.76. The van der Waals surface area contributed by atoms with Gasteiger partial charge in [-0.1, -0.05) is 30.7 Å². The molecule has 0 spiro atoms. The maximum absolute atomic E-state index is 12.4. The summed E-state index contributed by atoms with van der Waals surface area (Å²) in [6.45, 7) is 4.01. The van der Waals surface area contributed by atoms with E-state index in [0.717, 1.165) is 27.1 Å². The fourth-order valence-corrected chi connectivity index (χ4v) is 4.00. The van der Waals surface area contributed by atoms with E-state index >= 15 is 0 Å². The van der Waals surface area contributed by atoms with Gasteiger partial charge in [-0.2, -0.15) is 0 Å². The number of nitrogens with zero attached hydrogens (tertiary/aromatic N) is 1. The molecule has 0 aliphatic heterocycles. The summed E-state index contributed by atoms with van der Waals surface area (Å²) in [6.07, 6.45) is 0.785. The predicted octanol–water partition coefficient (Wildman–Crippen LogP) is 4.94. The van der Waals surface area contributed by atoms with E-state index in [4.69, 9.17) is 9.15 Å². The van der Waals surface area contributed by atoms with Gasteiger partial charge in [0.2, 0.25) is 0 Å². The quantitative estimate of drug-likeness (QED) is 0.267. The normalized spacial score (nSPS) is 11.0. The highest BCUT2D eigenvalue weighted by Crippen LogP contribution is 2.26. The molecule has 0 bridgehead atoms. The molecular weight excluding hydrogens is 386 g/mol. The van der Waals surface area contributed by atoms with Gasteiger partial charge >= 0.3 is 11.6 Å². The number of carbonyl (C=O) groups is 1. The summed E-state index contributed by atoms with van der Waals surface area (Å²) in [6, 6.07) is 14.7. The van der Waals surface area contributed by atoms with Gasteiger partial charge in [-0.05, 0) is 37.1 Å². The smallest absolute Gasteiger partial charge is 0.336 e. The molecule has 5 nitrogen and oxygen atoms in total. The molecule has 0 saturated heterocycles. The highest BCUT2D eigenvalue weighted by Gasteiger charge is 2.13. The third-order valence-corrected chi connectivity index (χ3v) is 5.50. The van der Waals surface area contributed by atoms with E-state index in [1.807, 2.05) is 37.4 Å². The highest BCUT2D eigenvalue weighted by atomic mass is 32.1. The van der Waals surface area contributed by atoms with Gasteiger partial charge in [-0.15, -0.1) is 11.3 Å². The van der Waals surface area contributed by atoms with Crippen molar-refractivity contribution in [2.24, 2.45) is 0 Å². The lowest BCUT2D eigenvalue weighted by molar-refractivity contribution is -0.133. The van der Waals surface area contributed by atoms with Crippen LogP contribution in [-0.2, 0) is 17.6 Å². The average Bonchev–Trinajstić information content (AvgIpc) is 3.15. The fourth-order valence-electron chi connectivity index (χ4n) is 3.18. The van der Waals surface area contributed by atoms with Crippen molar-refractivity contribution >= 4 is 28.3 Å². The van der Waals surface area contributed by atoms with E-state index in [9.17, 15) is 9.59 Å². The molecule has 2 heterocycles. The molecule has 29 heavy (non-hydrogen) atoms. The number of hydrogen-bond acceptors (Lipinski definition) is 6. The first-order valence-corrected chi connectivity index (χ1v) is 10.2. The minimum atomic E-state index is -0.417. The van der Waals surface area contributed by atoms with Crippen LogP contribution in [0, 0.1) is 6.92 Å². The van der Waals surface area contributed by atoms with Crippen molar-refractivity contribution in [2.45, 2.75) is 26.7 Å². The highest BCUT2D eigenvalue weighted by molar-refractivity contribution is 7.13. The average molecular weight is 405 g/mol.